The third-order valence-corrected chi connectivity index (χ3v) is 6.27. The lowest BCUT2D eigenvalue weighted by molar-refractivity contribution is -0.384. The molecule has 0 spiro atoms. The molecule has 11 heteroatoms. The third kappa shape index (κ3) is 5.56. The van der Waals surface area contributed by atoms with E-state index in [1.54, 1.807) is 42.5 Å². The van der Waals surface area contributed by atoms with Gasteiger partial charge in [0.05, 0.1) is 29.0 Å². The minimum Gasteiger partial charge on any atom is -0.493 e. The van der Waals surface area contributed by atoms with Crippen molar-refractivity contribution in [1.82, 2.24) is 4.90 Å². The van der Waals surface area contributed by atoms with Crippen LogP contribution >= 0.6 is 23.4 Å². The van der Waals surface area contributed by atoms with E-state index in [4.69, 9.17) is 21.1 Å². The number of carbonyl (C=O) groups is 3. The summed E-state index contributed by atoms with van der Waals surface area (Å²) in [5.41, 5.74) is 1.07. The monoisotopic (exact) mass is 524 g/mol. The fraction of sp³-hybridized carbons (Fsp3) is 0.0800. The topological polar surface area (TPSA) is 116 Å². The van der Waals surface area contributed by atoms with Crippen molar-refractivity contribution in [3.8, 4) is 11.5 Å². The summed E-state index contributed by atoms with van der Waals surface area (Å²) in [5, 5.41) is 11.1. The molecule has 0 aliphatic carbocycles. The number of hydrogen-bond donors (Lipinski definition) is 0. The first-order chi connectivity index (χ1) is 17.2. The number of rotatable bonds is 7. The number of non-ortho nitro benzene ring substituents is 1. The molecule has 3 aromatic carbocycles. The smallest absolute Gasteiger partial charge is 0.343 e. The van der Waals surface area contributed by atoms with Crippen molar-refractivity contribution < 1.29 is 28.8 Å². The maximum atomic E-state index is 12.8. The average molecular weight is 525 g/mol. The zero-order valence-electron chi connectivity index (χ0n) is 18.7. The van der Waals surface area contributed by atoms with Crippen LogP contribution in [0.2, 0.25) is 5.02 Å². The lowest BCUT2D eigenvalue weighted by Crippen LogP contribution is -2.27. The molecular weight excluding hydrogens is 508 g/mol. The van der Waals surface area contributed by atoms with Gasteiger partial charge in [0.2, 0.25) is 0 Å². The molecular formula is C25H17ClN2O7S. The van der Waals surface area contributed by atoms with Crippen LogP contribution in [0.25, 0.3) is 6.08 Å². The van der Waals surface area contributed by atoms with Crippen LogP contribution in [-0.2, 0) is 11.3 Å². The van der Waals surface area contributed by atoms with E-state index in [-0.39, 0.29) is 34.2 Å². The van der Waals surface area contributed by atoms with Gasteiger partial charge in [0.15, 0.2) is 11.5 Å². The molecule has 36 heavy (non-hydrogen) atoms. The van der Waals surface area contributed by atoms with Gasteiger partial charge >= 0.3 is 5.97 Å². The van der Waals surface area contributed by atoms with Gasteiger partial charge in [0.25, 0.3) is 16.8 Å². The Hall–Kier alpha value is -4.15. The Morgan fingerprint density at radius 2 is 1.83 bits per heavy atom. The molecule has 0 aromatic heterocycles. The van der Waals surface area contributed by atoms with Crippen LogP contribution in [0.3, 0.4) is 0 Å². The molecule has 0 bridgehead atoms. The highest BCUT2D eigenvalue weighted by atomic mass is 35.5. The average Bonchev–Trinajstić information content (AvgIpc) is 3.13. The first-order valence-electron chi connectivity index (χ1n) is 10.4. The number of thioether (sulfide) groups is 1. The zero-order chi connectivity index (χ0) is 25.8. The number of imide groups is 1. The van der Waals surface area contributed by atoms with Gasteiger partial charge in [0, 0.05) is 17.2 Å². The standard InChI is InChI=1S/C25H17ClN2O7S/c1-34-21-11-16(7-10-20(21)35-24(30)17-3-2-4-19(13-17)28(32)33)12-22-23(29)27(25(31)36-22)14-15-5-8-18(26)9-6-15/h2-13H,14H2,1H3/b22-12-. The van der Waals surface area contributed by atoms with Gasteiger partial charge in [0.1, 0.15) is 0 Å². The molecule has 1 aliphatic heterocycles. The number of nitro benzene ring substituents is 1. The molecule has 0 unspecified atom stereocenters. The maximum Gasteiger partial charge on any atom is 0.343 e. The Bertz CT molecular complexity index is 1410. The van der Waals surface area contributed by atoms with Gasteiger partial charge in [-0.05, 0) is 59.3 Å². The van der Waals surface area contributed by atoms with E-state index in [1.807, 2.05) is 0 Å². The summed E-state index contributed by atoms with van der Waals surface area (Å²) in [5.74, 6) is -0.946. The number of hydrogen-bond acceptors (Lipinski definition) is 8. The summed E-state index contributed by atoms with van der Waals surface area (Å²) in [6.45, 7) is 0.120. The highest BCUT2D eigenvalue weighted by Gasteiger charge is 2.35. The molecule has 1 fully saturated rings. The number of ether oxygens (including phenoxy) is 2. The van der Waals surface area contributed by atoms with Crippen molar-refractivity contribution in [1.29, 1.82) is 0 Å². The number of amides is 2. The van der Waals surface area contributed by atoms with Gasteiger partial charge in [-0.1, -0.05) is 35.9 Å². The van der Waals surface area contributed by atoms with E-state index in [0.29, 0.717) is 10.6 Å². The number of nitro groups is 1. The first kappa shape index (κ1) is 25.0. The van der Waals surface area contributed by atoms with Gasteiger partial charge in [-0.3, -0.25) is 24.6 Å². The minimum absolute atomic E-state index is 0.00434. The summed E-state index contributed by atoms with van der Waals surface area (Å²) >= 11 is 6.71. The molecule has 0 saturated carbocycles. The van der Waals surface area contributed by atoms with E-state index in [9.17, 15) is 24.5 Å². The molecule has 1 aliphatic rings. The second-order valence-electron chi connectivity index (χ2n) is 7.50. The number of carbonyl (C=O) groups excluding carboxylic acids is 3. The van der Waals surface area contributed by atoms with Gasteiger partial charge in [-0.15, -0.1) is 0 Å². The van der Waals surface area contributed by atoms with Crippen LogP contribution in [-0.4, -0.2) is 34.0 Å². The second kappa shape index (κ2) is 10.6. The Balaban J connectivity index is 1.51. The fourth-order valence-corrected chi connectivity index (χ4v) is 4.29. The van der Waals surface area contributed by atoms with Crippen molar-refractivity contribution in [2.45, 2.75) is 6.54 Å². The molecule has 182 valence electrons. The largest absolute Gasteiger partial charge is 0.493 e. The highest BCUT2D eigenvalue weighted by Crippen LogP contribution is 2.35. The molecule has 1 heterocycles. The lowest BCUT2D eigenvalue weighted by atomic mass is 10.1. The number of methoxy groups -OCH3 is 1. The van der Waals surface area contributed by atoms with E-state index in [2.05, 4.69) is 0 Å². The van der Waals surface area contributed by atoms with Crippen molar-refractivity contribution in [2.75, 3.05) is 7.11 Å². The predicted molar refractivity (Wildman–Crippen MR) is 134 cm³/mol. The number of nitrogens with zero attached hydrogens (tertiary/aromatic N) is 2. The summed E-state index contributed by atoms with van der Waals surface area (Å²) in [7, 11) is 1.38. The van der Waals surface area contributed by atoms with Gasteiger partial charge in [-0.25, -0.2) is 4.79 Å². The van der Waals surface area contributed by atoms with E-state index in [0.717, 1.165) is 28.3 Å². The van der Waals surface area contributed by atoms with Crippen LogP contribution < -0.4 is 9.47 Å². The second-order valence-corrected chi connectivity index (χ2v) is 8.93. The van der Waals surface area contributed by atoms with E-state index >= 15 is 0 Å². The molecule has 3 aromatic rings. The van der Waals surface area contributed by atoms with Crippen LogP contribution in [0.1, 0.15) is 21.5 Å². The molecule has 1 saturated heterocycles. The molecule has 2 amide bonds. The highest BCUT2D eigenvalue weighted by molar-refractivity contribution is 8.18. The zero-order valence-corrected chi connectivity index (χ0v) is 20.2. The molecule has 0 radical (unpaired) electrons. The summed E-state index contributed by atoms with van der Waals surface area (Å²) in [6.07, 6.45) is 1.54. The Morgan fingerprint density at radius 3 is 2.53 bits per heavy atom. The van der Waals surface area contributed by atoms with Crippen LogP contribution in [0.5, 0.6) is 11.5 Å². The molecule has 0 atom stereocenters. The fourth-order valence-electron chi connectivity index (χ4n) is 3.32. The number of benzene rings is 3. The van der Waals surface area contributed by atoms with Crippen molar-refractivity contribution >= 4 is 52.2 Å². The maximum absolute atomic E-state index is 12.8. The first-order valence-corrected chi connectivity index (χ1v) is 11.6. The van der Waals surface area contributed by atoms with Crippen molar-refractivity contribution in [2.24, 2.45) is 0 Å². The van der Waals surface area contributed by atoms with Crippen LogP contribution in [0, 0.1) is 10.1 Å². The van der Waals surface area contributed by atoms with Gasteiger partial charge in [-0.2, -0.15) is 0 Å². The Labute approximate surface area is 214 Å². The Morgan fingerprint density at radius 1 is 1.08 bits per heavy atom. The quantitative estimate of drug-likeness (QED) is 0.127. The Kier molecular flexibility index (Phi) is 7.37. The number of halogens is 1. The van der Waals surface area contributed by atoms with Gasteiger partial charge < -0.3 is 9.47 Å². The summed E-state index contributed by atoms with van der Waals surface area (Å²) in [4.78, 5) is 49.5. The SMILES string of the molecule is COc1cc(/C=C2\SC(=O)N(Cc3ccc(Cl)cc3)C2=O)ccc1OC(=O)c1cccc([N+](=O)[O-])c1. The van der Waals surface area contributed by atoms with E-state index < -0.39 is 22.0 Å². The number of esters is 1. The van der Waals surface area contributed by atoms with Crippen molar-refractivity contribution in [3.63, 3.8) is 0 Å². The lowest BCUT2D eigenvalue weighted by Gasteiger charge is -2.12. The van der Waals surface area contributed by atoms with Crippen LogP contribution in [0.4, 0.5) is 10.5 Å². The van der Waals surface area contributed by atoms with Crippen LogP contribution in [0.15, 0.2) is 71.6 Å². The summed E-state index contributed by atoms with van der Waals surface area (Å²) < 4.78 is 10.7. The summed E-state index contributed by atoms with van der Waals surface area (Å²) in [6, 6.07) is 16.6. The minimum atomic E-state index is -0.798. The molecule has 4 rings (SSSR count). The van der Waals surface area contributed by atoms with E-state index in [1.165, 1.54) is 31.4 Å². The third-order valence-electron chi connectivity index (χ3n) is 5.11. The normalized spacial score (nSPS) is 14.3. The molecule has 0 N–H and O–H groups in total. The van der Waals surface area contributed by atoms with Crippen molar-refractivity contribution in [3.05, 3.63) is 103 Å². The molecule has 9 nitrogen and oxygen atoms in total. The predicted octanol–water partition coefficient (Wildman–Crippen LogP) is 5.71.